The Labute approximate surface area is 125 Å². The molecule has 1 fully saturated rings. The number of non-ortho nitro benzene ring substituents is 1. The zero-order valence-electron chi connectivity index (χ0n) is 11.0. The minimum atomic E-state index is -3.46. The van der Waals surface area contributed by atoms with Crippen molar-refractivity contribution in [3.8, 4) is 0 Å². The van der Waals surface area contributed by atoms with Gasteiger partial charge in [0.15, 0.2) is 0 Å². The zero-order valence-corrected chi connectivity index (χ0v) is 12.6. The van der Waals surface area contributed by atoms with Gasteiger partial charge in [0.25, 0.3) is 5.69 Å². The molecule has 2 heterocycles. The number of sulfone groups is 1. The van der Waals surface area contributed by atoms with E-state index in [1.165, 1.54) is 18.2 Å². The lowest BCUT2D eigenvalue weighted by Crippen LogP contribution is -2.29. The van der Waals surface area contributed by atoms with Crippen molar-refractivity contribution < 1.29 is 13.3 Å². The SMILES string of the molecule is O=[N+]([O-])c1ccc2sc(S(=O)(=O)C[C@H]3CCCN3)nc2c1. The van der Waals surface area contributed by atoms with Crippen molar-refractivity contribution in [1.82, 2.24) is 10.3 Å². The van der Waals surface area contributed by atoms with Crippen molar-refractivity contribution in [2.75, 3.05) is 12.3 Å². The Morgan fingerprint density at radius 3 is 2.95 bits per heavy atom. The van der Waals surface area contributed by atoms with Crippen molar-refractivity contribution in [3.05, 3.63) is 28.3 Å². The van der Waals surface area contributed by atoms with Gasteiger partial charge in [-0.25, -0.2) is 13.4 Å². The van der Waals surface area contributed by atoms with E-state index in [1.54, 1.807) is 0 Å². The first-order chi connectivity index (χ1) is 9.95. The molecule has 1 aromatic carbocycles. The van der Waals surface area contributed by atoms with Crippen LogP contribution in [-0.4, -0.2) is 36.7 Å². The molecule has 21 heavy (non-hydrogen) atoms. The highest BCUT2D eigenvalue weighted by molar-refractivity contribution is 7.93. The van der Waals surface area contributed by atoms with Crippen LogP contribution < -0.4 is 5.32 Å². The number of aromatic nitrogens is 1. The molecule has 0 aliphatic carbocycles. The molecular weight excluding hydrogens is 314 g/mol. The van der Waals surface area contributed by atoms with Gasteiger partial charge in [0, 0.05) is 18.2 Å². The number of hydrogen-bond acceptors (Lipinski definition) is 7. The molecule has 1 aliphatic rings. The number of nitro groups is 1. The molecule has 3 rings (SSSR count). The van der Waals surface area contributed by atoms with Crippen LogP contribution in [0.2, 0.25) is 0 Å². The van der Waals surface area contributed by atoms with Crippen molar-refractivity contribution in [2.24, 2.45) is 0 Å². The van der Waals surface area contributed by atoms with Crippen LogP contribution >= 0.6 is 11.3 Å². The van der Waals surface area contributed by atoms with Crippen LogP contribution in [0.4, 0.5) is 5.69 Å². The molecule has 1 saturated heterocycles. The molecule has 0 spiro atoms. The predicted octanol–water partition coefficient (Wildman–Crippen LogP) is 1.73. The quantitative estimate of drug-likeness (QED) is 0.678. The minimum absolute atomic E-state index is 0.0227. The number of nitrogens with zero attached hydrogens (tertiary/aromatic N) is 2. The van der Waals surface area contributed by atoms with Gasteiger partial charge in [0.2, 0.25) is 14.2 Å². The molecule has 112 valence electrons. The third-order valence-corrected chi connectivity index (χ3v) is 6.72. The Balaban J connectivity index is 1.94. The lowest BCUT2D eigenvalue weighted by atomic mass is 10.3. The molecule has 0 unspecified atom stereocenters. The third kappa shape index (κ3) is 2.89. The first kappa shape index (κ1) is 14.4. The van der Waals surface area contributed by atoms with E-state index in [9.17, 15) is 18.5 Å². The first-order valence-electron chi connectivity index (χ1n) is 6.47. The molecule has 0 saturated carbocycles. The summed E-state index contributed by atoms with van der Waals surface area (Å²) in [6.07, 6.45) is 1.82. The molecule has 1 atom stereocenters. The average molecular weight is 327 g/mol. The molecule has 1 aromatic heterocycles. The Bertz CT molecular complexity index is 794. The van der Waals surface area contributed by atoms with Gasteiger partial charge >= 0.3 is 0 Å². The first-order valence-corrected chi connectivity index (χ1v) is 8.94. The van der Waals surface area contributed by atoms with Crippen LogP contribution in [0.1, 0.15) is 12.8 Å². The zero-order chi connectivity index (χ0) is 15.0. The van der Waals surface area contributed by atoms with E-state index in [0.717, 1.165) is 30.7 Å². The van der Waals surface area contributed by atoms with E-state index >= 15 is 0 Å². The molecule has 7 nitrogen and oxygen atoms in total. The number of rotatable bonds is 4. The highest BCUT2D eigenvalue weighted by Crippen LogP contribution is 2.29. The van der Waals surface area contributed by atoms with Gasteiger partial charge in [-0.2, -0.15) is 0 Å². The Morgan fingerprint density at radius 1 is 1.48 bits per heavy atom. The van der Waals surface area contributed by atoms with Crippen molar-refractivity contribution >= 4 is 37.1 Å². The van der Waals surface area contributed by atoms with E-state index < -0.39 is 14.8 Å². The number of thiazole rings is 1. The van der Waals surface area contributed by atoms with Crippen molar-refractivity contribution in [2.45, 2.75) is 23.2 Å². The fraction of sp³-hybridized carbons (Fsp3) is 0.417. The molecule has 0 amide bonds. The van der Waals surface area contributed by atoms with Crippen LogP contribution in [0.15, 0.2) is 22.5 Å². The number of fused-ring (bicyclic) bond motifs is 1. The number of hydrogen-bond donors (Lipinski definition) is 1. The van der Waals surface area contributed by atoms with Gasteiger partial charge in [0.05, 0.1) is 20.9 Å². The summed E-state index contributed by atoms with van der Waals surface area (Å²) in [6, 6.07) is 4.17. The summed E-state index contributed by atoms with van der Waals surface area (Å²) in [5.74, 6) is 0.0227. The van der Waals surface area contributed by atoms with E-state index in [1.807, 2.05) is 0 Å². The number of benzene rings is 1. The van der Waals surface area contributed by atoms with Gasteiger partial charge < -0.3 is 5.32 Å². The van der Waals surface area contributed by atoms with E-state index in [4.69, 9.17) is 0 Å². The van der Waals surface area contributed by atoms with Crippen LogP contribution in [0, 0.1) is 10.1 Å². The average Bonchev–Trinajstić information content (AvgIpc) is 3.05. The molecule has 9 heteroatoms. The van der Waals surface area contributed by atoms with Crippen molar-refractivity contribution in [3.63, 3.8) is 0 Å². The summed E-state index contributed by atoms with van der Waals surface area (Å²) in [6.45, 7) is 0.840. The Morgan fingerprint density at radius 2 is 2.29 bits per heavy atom. The molecule has 2 aromatic rings. The predicted molar refractivity (Wildman–Crippen MR) is 79.4 cm³/mol. The van der Waals surface area contributed by atoms with Gasteiger partial charge in [-0.05, 0) is 25.5 Å². The third-order valence-electron chi connectivity index (χ3n) is 3.41. The fourth-order valence-electron chi connectivity index (χ4n) is 2.38. The molecule has 0 radical (unpaired) electrons. The second-order valence-electron chi connectivity index (χ2n) is 4.96. The molecule has 1 N–H and O–H groups in total. The molecular formula is C12H13N3O4S2. The normalized spacial score (nSPS) is 19.1. The lowest BCUT2D eigenvalue weighted by Gasteiger charge is -2.08. The monoisotopic (exact) mass is 327 g/mol. The van der Waals surface area contributed by atoms with Crippen LogP contribution in [0.25, 0.3) is 10.2 Å². The second-order valence-corrected chi connectivity index (χ2v) is 8.20. The highest BCUT2D eigenvalue weighted by Gasteiger charge is 2.26. The second kappa shape index (κ2) is 5.32. The summed E-state index contributed by atoms with van der Waals surface area (Å²) < 4.78 is 25.4. The van der Waals surface area contributed by atoms with Crippen molar-refractivity contribution in [1.29, 1.82) is 0 Å². The smallest absolute Gasteiger partial charge is 0.271 e. The number of nitrogens with one attached hydrogen (secondary N) is 1. The summed E-state index contributed by atoms with van der Waals surface area (Å²) in [5.41, 5.74) is 0.265. The van der Waals surface area contributed by atoms with Crippen LogP contribution in [0.5, 0.6) is 0 Å². The molecule has 1 aliphatic heterocycles. The summed E-state index contributed by atoms with van der Waals surface area (Å²) in [5, 5.41) is 13.9. The summed E-state index contributed by atoms with van der Waals surface area (Å²) in [7, 11) is -3.46. The van der Waals surface area contributed by atoms with Gasteiger partial charge in [-0.15, -0.1) is 11.3 Å². The maximum Gasteiger partial charge on any atom is 0.271 e. The Hall–Kier alpha value is -1.58. The fourth-order valence-corrected chi connectivity index (χ4v) is 5.23. The summed E-state index contributed by atoms with van der Waals surface area (Å²) in [4.78, 5) is 14.3. The van der Waals surface area contributed by atoms with E-state index in [-0.39, 0.29) is 21.8 Å². The minimum Gasteiger partial charge on any atom is -0.313 e. The largest absolute Gasteiger partial charge is 0.313 e. The van der Waals surface area contributed by atoms with E-state index in [0.29, 0.717) is 10.2 Å². The van der Waals surface area contributed by atoms with E-state index in [2.05, 4.69) is 10.3 Å². The van der Waals surface area contributed by atoms with Gasteiger partial charge in [0.1, 0.15) is 0 Å². The highest BCUT2D eigenvalue weighted by atomic mass is 32.2. The molecule has 0 bridgehead atoms. The van der Waals surface area contributed by atoms with Gasteiger partial charge in [-0.3, -0.25) is 10.1 Å². The maximum absolute atomic E-state index is 12.4. The Kier molecular flexibility index (Phi) is 3.64. The van der Waals surface area contributed by atoms with Crippen LogP contribution in [0.3, 0.4) is 0 Å². The standard InChI is InChI=1S/C12H13N3O4S2/c16-15(17)9-3-4-11-10(6-9)14-12(20-11)21(18,19)7-8-2-1-5-13-8/h3-4,6,8,13H,1-2,5,7H2/t8-/m1/s1. The maximum atomic E-state index is 12.4. The topological polar surface area (TPSA) is 102 Å². The van der Waals surface area contributed by atoms with Crippen LogP contribution in [-0.2, 0) is 9.84 Å². The summed E-state index contributed by atoms with van der Waals surface area (Å²) >= 11 is 1.06. The lowest BCUT2D eigenvalue weighted by molar-refractivity contribution is -0.384. The van der Waals surface area contributed by atoms with Gasteiger partial charge in [-0.1, -0.05) is 0 Å². The number of nitro benzene ring substituents is 1.